The van der Waals surface area contributed by atoms with Gasteiger partial charge in [0.2, 0.25) is 0 Å². The van der Waals surface area contributed by atoms with Gasteiger partial charge in [-0.05, 0) is 19.3 Å². The summed E-state index contributed by atoms with van der Waals surface area (Å²) in [6.07, 6.45) is 1.78. The Morgan fingerprint density at radius 3 is 2.50 bits per heavy atom. The van der Waals surface area contributed by atoms with Crippen LogP contribution in [0, 0.1) is 5.92 Å². The molecule has 3 heteroatoms. The van der Waals surface area contributed by atoms with Gasteiger partial charge in [-0.2, -0.15) is 0 Å². The highest BCUT2D eigenvalue weighted by Crippen LogP contribution is 2.06. The molecule has 0 aromatic carbocycles. The number of aliphatic hydroxyl groups excluding tert-OH is 1. The van der Waals surface area contributed by atoms with Crippen LogP contribution < -0.4 is 5.32 Å². The van der Waals surface area contributed by atoms with Crippen molar-refractivity contribution in [2.45, 2.75) is 45.8 Å². The topological polar surface area (TPSA) is 41.5 Å². The summed E-state index contributed by atoms with van der Waals surface area (Å²) in [5.41, 5.74) is 0. The molecule has 0 aromatic rings. The third kappa shape index (κ3) is 6.35. The maximum absolute atomic E-state index is 9.70. The Hall–Kier alpha value is -0.120. The van der Waals surface area contributed by atoms with E-state index in [9.17, 15) is 5.11 Å². The summed E-state index contributed by atoms with van der Waals surface area (Å²) in [5, 5.41) is 13.0. The first-order valence-corrected chi connectivity index (χ1v) is 5.52. The van der Waals surface area contributed by atoms with Gasteiger partial charge in [0, 0.05) is 26.3 Å². The van der Waals surface area contributed by atoms with Crippen LogP contribution in [0.5, 0.6) is 0 Å². The Morgan fingerprint density at radius 2 is 2.00 bits per heavy atom. The van der Waals surface area contributed by atoms with Gasteiger partial charge in [-0.1, -0.05) is 20.3 Å². The SMILES string of the molecule is CCC(C)C(O)CNC(C)CCOC. The lowest BCUT2D eigenvalue weighted by Crippen LogP contribution is -2.37. The molecular weight excluding hydrogens is 178 g/mol. The lowest BCUT2D eigenvalue weighted by molar-refractivity contribution is 0.107. The second-order valence-electron chi connectivity index (χ2n) is 4.04. The van der Waals surface area contributed by atoms with E-state index in [-0.39, 0.29) is 6.10 Å². The van der Waals surface area contributed by atoms with Crippen LogP contribution in [0.4, 0.5) is 0 Å². The minimum atomic E-state index is -0.231. The Kier molecular flexibility index (Phi) is 8.14. The molecule has 86 valence electrons. The summed E-state index contributed by atoms with van der Waals surface area (Å²) >= 11 is 0. The highest BCUT2D eigenvalue weighted by molar-refractivity contribution is 4.69. The lowest BCUT2D eigenvalue weighted by atomic mass is 10.0. The highest BCUT2D eigenvalue weighted by atomic mass is 16.5. The van der Waals surface area contributed by atoms with E-state index in [1.54, 1.807) is 7.11 Å². The van der Waals surface area contributed by atoms with Crippen LogP contribution in [0.1, 0.15) is 33.6 Å². The third-order valence-corrected chi connectivity index (χ3v) is 2.73. The van der Waals surface area contributed by atoms with Crippen molar-refractivity contribution in [3.63, 3.8) is 0 Å². The van der Waals surface area contributed by atoms with Crippen molar-refractivity contribution in [3.8, 4) is 0 Å². The molecule has 0 aliphatic rings. The van der Waals surface area contributed by atoms with Gasteiger partial charge >= 0.3 is 0 Å². The van der Waals surface area contributed by atoms with E-state index in [0.717, 1.165) is 19.4 Å². The molecule has 0 rings (SSSR count). The molecule has 0 spiro atoms. The summed E-state index contributed by atoms with van der Waals surface area (Å²) in [6, 6.07) is 0.411. The monoisotopic (exact) mass is 203 g/mol. The van der Waals surface area contributed by atoms with Gasteiger partial charge in [0.15, 0.2) is 0 Å². The number of nitrogens with one attached hydrogen (secondary N) is 1. The first kappa shape index (κ1) is 13.9. The molecule has 3 unspecified atom stereocenters. The molecule has 0 saturated heterocycles. The Labute approximate surface area is 87.8 Å². The van der Waals surface area contributed by atoms with E-state index in [1.165, 1.54) is 0 Å². The maximum Gasteiger partial charge on any atom is 0.0690 e. The number of aliphatic hydroxyl groups is 1. The molecule has 2 N–H and O–H groups in total. The Balaban J connectivity index is 3.50. The van der Waals surface area contributed by atoms with Crippen molar-refractivity contribution in [3.05, 3.63) is 0 Å². The normalized spacial score (nSPS) is 17.8. The average Bonchev–Trinajstić information content (AvgIpc) is 2.21. The second-order valence-corrected chi connectivity index (χ2v) is 4.04. The summed E-state index contributed by atoms with van der Waals surface area (Å²) in [7, 11) is 1.71. The van der Waals surface area contributed by atoms with E-state index in [2.05, 4.69) is 26.1 Å². The van der Waals surface area contributed by atoms with Gasteiger partial charge in [0.05, 0.1) is 6.10 Å². The molecule has 0 heterocycles. The quantitative estimate of drug-likeness (QED) is 0.626. The lowest BCUT2D eigenvalue weighted by Gasteiger charge is -2.20. The van der Waals surface area contributed by atoms with Crippen molar-refractivity contribution in [2.24, 2.45) is 5.92 Å². The predicted molar refractivity (Wildman–Crippen MR) is 59.4 cm³/mol. The van der Waals surface area contributed by atoms with Crippen LogP contribution in [0.25, 0.3) is 0 Å². The van der Waals surface area contributed by atoms with Gasteiger partial charge in [-0.15, -0.1) is 0 Å². The predicted octanol–water partition coefficient (Wildman–Crippen LogP) is 1.41. The number of ether oxygens (including phenoxy) is 1. The standard InChI is InChI=1S/C11H25NO2/c1-5-9(2)11(13)8-12-10(3)6-7-14-4/h9-13H,5-8H2,1-4H3. The zero-order valence-corrected chi connectivity index (χ0v) is 9.92. The maximum atomic E-state index is 9.70. The van der Waals surface area contributed by atoms with Crippen LogP contribution in [-0.2, 0) is 4.74 Å². The van der Waals surface area contributed by atoms with Gasteiger partial charge in [0.1, 0.15) is 0 Å². The van der Waals surface area contributed by atoms with E-state index in [4.69, 9.17) is 4.74 Å². The number of hydrogen-bond donors (Lipinski definition) is 2. The van der Waals surface area contributed by atoms with E-state index in [1.807, 2.05) is 0 Å². The summed E-state index contributed by atoms with van der Waals surface area (Å²) in [5.74, 6) is 0.372. The van der Waals surface area contributed by atoms with Gasteiger partial charge < -0.3 is 15.2 Å². The van der Waals surface area contributed by atoms with Crippen molar-refractivity contribution < 1.29 is 9.84 Å². The molecule has 3 atom stereocenters. The minimum absolute atomic E-state index is 0.231. The molecule has 0 amide bonds. The largest absolute Gasteiger partial charge is 0.392 e. The number of rotatable bonds is 8. The average molecular weight is 203 g/mol. The molecule has 0 aromatic heterocycles. The molecule has 0 aliphatic heterocycles. The first-order chi connectivity index (χ1) is 6.61. The van der Waals surface area contributed by atoms with E-state index >= 15 is 0 Å². The molecule has 0 fully saturated rings. The number of methoxy groups -OCH3 is 1. The van der Waals surface area contributed by atoms with E-state index < -0.39 is 0 Å². The smallest absolute Gasteiger partial charge is 0.0690 e. The zero-order valence-electron chi connectivity index (χ0n) is 9.92. The summed E-state index contributed by atoms with van der Waals surface area (Å²) in [4.78, 5) is 0. The Morgan fingerprint density at radius 1 is 1.36 bits per heavy atom. The van der Waals surface area contributed by atoms with Crippen molar-refractivity contribution in [1.29, 1.82) is 0 Å². The molecule has 0 radical (unpaired) electrons. The number of hydrogen-bond acceptors (Lipinski definition) is 3. The summed E-state index contributed by atoms with van der Waals surface area (Å²) < 4.78 is 4.99. The molecule has 14 heavy (non-hydrogen) atoms. The van der Waals surface area contributed by atoms with Crippen molar-refractivity contribution in [1.82, 2.24) is 5.32 Å². The molecule has 0 saturated carbocycles. The fourth-order valence-corrected chi connectivity index (χ4v) is 1.19. The van der Waals surface area contributed by atoms with Crippen molar-refractivity contribution >= 4 is 0 Å². The molecule has 0 aliphatic carbocycles. The van der Waals surface area contributed by atoms with Gasteiger partial charge in [0.25, 0.3) is 0 Å². The molecule has 0 bridgehead atoms. The fraction of sp³-hybridized carbons (Fsp3) is 1.00. The molecular formula is C11H25NO2. The summed E-state index contributed by atoms with van der Waals surface area (Å²) in [6.45, 7) is 7.74. The van der Waals surface area contributed by atoms with Crippen molar-refractivity contribution in [2.75, 3.05) is 20.3 Å². The molecule has 3 nitrogen and oxygen atoms in total. The first-order valence-electron chi connectivity index (χ1n) is 5.52. The van der Waals surface area contributed by atoms with Crippen LogP contribution in [0.2, 0.25) is 0 Å². The van der Waals surface area contributed by atoms with Gasteiger partial charge in [-0.3, -0.25) is 0 Å². The van der Waals surface area contributed by atoms with Crippen LogP contribution in [-0.4, -0.2) is 37.5 Å². The second kappa shape index (κ2) is 8.21. The van der Waals surface area contributed by atoms with Gasteiger partial charge in [-0.25, -0.2) is 0 Å². The van der Waals surface area contributed by atoms with Crippen LogP contribution in [0.15, 0.2) is 0 Å². The van der Waals surface area contributed by atoms with Crippen LogP contribution >= 0.6 is 0 Å². The highest BCUT2D eigenvalue weighted by Gasteiger charge is 2.12. The van der Waals surface area contributed by atoms with Crippen LogP contribution in [0.3, 0.4) is 0 Å². The minimum Gasteiger partial charge on any atom is -0.392 e. The Bertz CT molecular complexity index is 130. The van der Waals surface area contributed by atoms with E-state index in [0.29, 0.717) is 18.5 Å². The zero-order chi connectivity index (χ0) is 11.0. The third-order valence-electron chi connectivity index (χ3n) is 2.73. The fourth-order valence-electron chi connectivity index (χ4n) is 1.19.